The normalized spacial score (nSPS) is 13.2. The number of amides is 2. The molecule has 1 aliphatic rings. The van der Waals surface area contributed by atoms with Crippen molar-refractivity contribution in [3.05, 3.63) is 52.8 Å². The Balaban J connectivity index is 1.88. The van der Waals surface area contributed by atoms with E-state index in [0.717, 1.165) is 16.7 Å². The summed E-state index contributed by atoms with van der Waals surface area (Å²) in [4.78, 5) is 30.3. The van der Waals surface area contributed by atoms with Crippen molar-refractivity contribution in [1.82, 2.24) is 9.88 Å². The Morgan fingerprint density at radius 3 is 2.80 bits per heavy atom. The van der Waals surface area contributed by atoms with Gasteiger partial charge in [0.1, 0.15) is 5.75 Å². The Bertz CT molecular complexity index is 833. The highest BCUT2D eigenvalue weighted by molar-refractivity contribution is 6.06. The standard InChI is InChI=1S/C19H21N3O3/c1-12-4-5-18(25-3)17(8-12)21-19(24)16-10-20-9-14-11-22(13(2)23)7-6-15(14)16/h4-5,8-10H,6-7,11H2,1-3H3,(H,21,24). The summed E-state index contributed by atoms with van der Waals surface area (Å²) in [5.74, 6) is 0.425. The third kappa shape index (κ3) is 3.47. The summed E-state index contributed by atoms with van der Waals surface area (Å²) in [6.45, 7) is 4.61. The van der Waals surface area contributed by atoms with Gasteiger partial charge < -0.3 is 15.0 Å². The summed E-state index contributed by atoms with van der Waals surface area (Å²) in [7, 11) is 1.57. The average Bonchev–Trinajstić information content (AvgIpc) is 2.60. The Kier molecular flexibility index (Phi) is 4.70. The lowest BCUT2D eigenvalue weighted by atomic mass is 9.96. The number of aromatic nitrogens is 1. The largest absolute Gasteiger partial charge is 0.495 e. The van der Waals surface area contributed by atoms with Crippen LogP contribution in [-0.4, -0.2) is 35.4 Å². The second-order valence-corrected chi connectivity index (χ2v) is 6.17. The first kappa shape index (κ1) is 17.0. The summed E-state index contributed by atoms with van der Waals surface area (Å²) in [5.41, 5.74) is 4.08. The summed E-state index contributed by atoms with van der Waals surface area (Å²) in [6.07, 6.45) is 3.96. The van der Waals surface area contributed by atoms with Crippen LogP contribution in [0.4, 0.5) is 5.69 Å². The van der Waals surface area contributed by atoms with E-state index in [1.165, 1.54) is 0 Å². The molecule has 0 saturated carbocycles. The molecule has 0 saturated heterocycles. The van der Waals surface area contributed by atoms with Gasteiger partial charge in [-0.25, -0.2) is 0 Å². The molecule has 0 radical (unpaired) electrons. The van der Waals surface area contributed by atoms with E-state index in [2.05, 4.69) is 10.3 Å². The molecule has 0 aliphatic carbocycles. The van der Waals surface area contributed by atoms with Crippen LogP contribution in [0.15, 0.2) is 30.6 Å². The van der Waals surface area contributed by atoms with Crippen LogP contribution in [0.3, 0.4) is 0 Å². The number of aryl methyl sites for hydroxylation is 1. The number of hydrogen-bond acceptors (Lipinski definition) is 4. The van der Waals surface area contributed by atoms with Crippen molar-refractivity contribution in [2.24, 2.45) is 0 Å². The molecule has 6 heteroatoms. The fourth-order valence-electron chi connectivity index (χ4n) is 3.07. The molecule has 0 spiro atoms. The van der Waals surface area contributed by atoms with Crippen LogP contribution in [0, 0.1) is 6.92 Å². The zero-order chi connectivity index (χ0) is 18.0. The Morgan fingerprint density at radius 2 is 2.08 bits per heavy atom. The predicted octanol–water partition coefficient (Wildman–Crippen LogP) is 2.56. The Hall–Kier alpha value is -2.89. The average molecular weight is 339 g/mol. The molecule has 2 aromatic rings. The zero-order valence-corrected chi connectivity index (χ0v) is 14.6. The third-order valence-corrected chi connectivity index (χ3v) is 4.43. The first-order valence-electron chi connectivity index (χ1n) is 8.17. The maximum atomic E-state index is 12.8. The third-order valence-electron chi connectivity index (χ3n) is 4.43. The van der Waals surface area contributed by atoms with Crippen molar-refractivity contribution in [2.75, 3.05) is 19.0 Å². The molecular weight excluding hydrogens is 318 g/mol. The molecule has 1 aromatic carbocycles. The van der Waals surface area contributed by atoms with Gasteiger partial charge in [-0.1, -0.05) is 6.07 Å². The lowest BCUT2D eigenvalue weighted by Crippen LogP contribution is -2.35. The van der Waals surface area contributed by atoms with Crippen molar-refractivity contribution in [1.29, 1.82) is 0 Å². The van der Waals surface area contributed by atoms with Crippen molar-refractivity contribution in [3.8, 4) is 5.75 Å². The number of rotatable bonds is 3. The quantitative estimate of drug-likeness (QED) is 0.933. The Morgan fingerprint density at radius 1 is 1.28 bits per heavy atom. The van der Waals surface area contributed by atoms with Gasteiger partial charge in [0.05, 0.1) is 18.4 Å². The van der Waals surface area contributed by atoms with Crippen LogP contribution in [-0.2, 0) is 17.8 Å². The van der Waals surface area contributed by atoms with Crippen LogP contribution < -0.4 is 10.1 Å². The summed E-state index contributed by atoms with van der Waals surface area (Å²) < 4.78 is 5.32. The van der Waals surface area contributed by atoms with Gasteiger partial charge in [-0.3, -0.25) is 14.6 Å². The lowest BCUT2D eigenvalue weighted by molar-refractivity contribution is -0.129. The molecule has 3 rings (SSSR count). The van der Waals surface area contributed by atoms with Gasteiger partial charge in [0.15, 0.2) is 0 Å². The molecule has 1 aromatic heterocycles. The number of nitrogens with zero attached hydrogens (tertiary/aromatic N) is 2. The number of carbonyl (C=O) groups is 2. The molecule has 1 aliphatic heterocycles. The number of ether oxygens (including phenoxy) is 1. The summed E-state index contributed by atoms with van der Waals surface area (Å²) in [5, 5.41) is 2.92. The molecular formula is C19H21N3O3. The first-order chi connectivity index (χ1) is 12.0. The maximum Gasteiger partial charge on any atom is 0.257 e. The van der Waals surface area contributed by atoms with Crippen LogP contribution in [0.2, 0.25) is 0 Å². The summed E-state index contributed by atoms with van der Waals surface area (Å²) in [6, 6.07) is 5.63. The number of nitrogens with one attached hydrogen (secondary N) is 1. The van der Waals surface area contributed by atoms with Crippen LogP contribution >= 0.6 is 0 Å². The number of carbonyl (C=O) groups excluding carboxylic acids is 2. The van der Waals surface area contributed by atoms with Gasteiger partial charge in [-0.15, -0.1) is 0 Å². The summed E-state index contributed by atoms with van der Waals surface area (Å²) >= 11 is 0. The van der Waals surface area contributed by atoms with E-state index in [0.29, 0.717) is 36.5 Å². The molecule has 6 nitrogen and oxygen atoms in total. The van der Waals surface area contributed by atoms with Gasteiger partial charge in [0, 0.05) is 32.4 Å². The monoisotopic (exact) mass is 339 g/mol. The van der Waals surface area contributed by atoms with E-state index in [9.17, 15) is 9.59 Å². The van der Waals surface area contributed by atoms with E-state index < -0.39 is 0 Å². The number of pyridine rings is 1. The number of hydrogen-bond donors (Lipinski definition) is 1. The van der Waals surface area contributed by atoms with Gasteiger partial charge in [0.2, 0.25) is 5.91 Å². The van der Waals surface area contributed by atoms with Crippen molar-refractivity contribution >= 4 is 17.5 Å². The van der Waals surface area contributed by atoms with Gasteiger partial charge >= 0.3 is 0 Å². The van der Waals surface area contributed by atoms with Crippen LogP contribution in [0.1, 0.15) is 34.0 Å². The number of anilines is 1. The van der Waals surface area contributed by atoms with Gasteiger partial charge in [0.25, 0.3) is 5.91 Å². The molecule has 130 valence electrons. The highest BCUT2D eigenvalue weighted by Crippen LogP contribution is 2.27. The van der Waals surface area contributed by atoms with E-state index in [4.69, 9.17) is 4.74 Å². The minimum Gasteiger partial charge on any atom is -0.495 e. The SMILES string of the molecule is COc1ccc(C)cc1NC(=O)c1cncc2c1CCN(C(C)=O)C2. The Labute approximate surface area is 146 Å². The minimum atomic E-state index is -0.218. The molecule has 0 bridgehead atoms. The highest BCUT2D eigenvalue weighted by atomic mass is 16.5. The molecule has 0 unspecified atom stereocenters. The van der Waals surface area contributed by atoms with Crippen molar-refractivity contribution < 1.29 is 14.3 Å². The lowest BCUT2D eigenvalue weighted by Gasteiger charge is -2.28. The van der Waals surface area contributed by atoms with Gasteiger partial charge in [-0.2, -0.15) is 0 Å². The van der Waals surface area contributed by atoms with Crippen LogP contribution in [0.25, 0.3) is 0 Å². The predicted molar refractivity (Wildman–Crippen MR) is 94.7 cm³/mol. The topological polar surface area (TPSA) is 71.5 Å². The second-order valence-electron chi connectivity index (χ2n) is 6.17. The van der Waals surface area contributed by atoms with E-state index >= 15 is 0 Å². The van der Waals surface area contributed by atoms with E-state index in [-0.39, 0.29) is 11.8 Å². The fraction of sp³-hybridized carbons (Fsp3) is 0.316. The molecule has 0 atom stereocenters. The number of methoxy groups -OCH3 is 1. The minimum absolute atomic E-state index is 0.0324. The molecule has 2 heterocycles. The molecule has 0 fully saturated rings. The molecule has 25 heavy (non-hydrogen) atoms. The fourth-order valence-corrected chi connectivity index (χ4v) is 3.07. The molecule has 1 N–H and O–H groups in total. The van der Waals surface area contributed by atoms with Crippen molar-refractivity contribution in [3.63, 3.8) is 0 Å². The number of fused-ring (bicyclic) bond motifs is 1. The van der Waals surface area contributed by atoms with Gasteiger partial charge in [-0.05, 0) is 42.2 Å². The van der Waals surface area contributed by atoms with E-state index in [1.54, 1.807) is 31.3 Å². The highest BCUT2D eigenvalue weighted by Gasteiger charge is 2.23. The first-order valence-corrected chi connectivity index (χ1v) is 8.17. The van der Waals surface area contributed by atoms with E-state index in [1.807, 2.05) is 25.1 Å². The van der Waals surface area contributed by atoms with Crippen molar-refractivity contribution in [2.45, 2.75) is 26.8 Å². The molecule has 2 amide bonds. The maximum absolute atomic E-state index is 12.8. The second kappa shape index (κ2) is 6.93. The number of benzene rings is 1. The van der Waals surface area contributed by atoms with Crippen LogP contribution in [0.5, 0.6) is 5.75 Å². The zero-order valence-electron chi connectivity index (χ0n) is 14.6. The smallest absolute Gasteiger partial charge is 0.257 e.